The number of amides is 1. The predicted molar refractivity (Wildman–Crippen MR) is 141 cm³/mol. The molecule has 4 rings (SSSR count). The van der Waals surface area contributed by atoms with Crippen molar-refractivity contribution in [3.63, 3.8) is 0 Å². The van der Waals surface area contributed by atoms with Gasteiger partial charge in [0, 0.05) is 5.56 Å². The van der Waals surface area contributed by atoms with E-state index in [0.29, 0.717) is 47.2 Å². The molecule has 0 fully saturated rings. The predicted octanol–water partition coefficient (Wildman–Crippen LogP) is 5.65. The first-order valence-corrected chi connectivity index (χ1v) is 11.8. The Morgan fingerprint density at radius 3 is 2.19 bits per heavy atom. The van der Waals surface area contributed by atoms with Gasteiger partial charge in [0.25, 0.3) is 5.91 Å². The average molecular weight is 495 g/mol. The van der Waals surface area contributed by atoms with Crippen LogP contribution < -0.4 is 19.6 Å². The molecule has 0 atom stereocenters. The van der Waals surface area contributed by atoms with E-state index >= 15 is 0 Å². The van der Waals surface area contributed by atoms with Gasteiger partial charge in [-0.1, -0.05) is 48.5 Å². The third kappa shape index (κ3) is 7.29. The van der Waals surface area contributed by atoms with E-state index in [2.05, 4.69) is 10.5 Å². The molecule has 186 valence electrons. The minimum atomic E-state index is -0.480. The van der Waals surface area contributed by atoms with Crippen molar-refractivity contribution in [1.82, 2.24) is 5.43 Å². The minimum Gasteiger partial charge on any atom is -0.490 e. The van der Waals surface area contributed by atoms with E-state index < -0.39 is 5.97 Å². The van der Waals surface area contributed by atoms with E-state index in [9.17, 15) is 9.59 Å². The Labute approximate surface area is 215 Å². The third-order valence-corrected chi connectivity index (χ3v) is 5.22. The molecule has 0 aliphatic heterocycles. The molecule has 0 heterocycles. The monoisotopic (exact) mass is 494 g/mol. The lowest BCUT2D eigenvalue weighted by molar-refractivity contribution is 0.0728. The SMILES string of the molecule is CCOc1cc(/C=N\NC(=O)c2ccc(OCc3ccccc3)cc2)ccc1OC(=O)c1ccccc1. The molecule has 7 heteroatoms. The fourth-order valence-corrected chi connectivity index (χ4v) is 3.36. The maximum absolute atomic E-state index is 12.5. The van der Waals surface area contributed by atoms with Crippen LogP contribution in [0.5, 0.6) is 17.2 Å². The summed E-state index contributed by atoms with van der Waals surface area (Å²) in [6.07, 6.45) is 1.49. The van der Waals surface area contributed by atoms with Crippen molar-refractivity contribution in [3.8, 4) is 17.2 Å². The van der Waals surface area contributed by atoms with Crippen LogP contribution in [0, 0.1) is 0 Å². The van der Waals surface area contributed by atoms with E-state index in [0.717, 1.165) is 5.56 Å². The molecular weight excluding hydrogens is 468 g/mol. The van der Waals surface area contributed by atoms with Crippen LogP contribution in [0.2, 0.25) is 0 Å². The van der Waals surface area contributed by atoms with Gasteiger partial charge < -0.3 is 14.2 Å². The van der Waals surface area contributed by atoms with Crippen LogP contribution in [0.4, 0.5) is 0 Å². The highest BCUT2D eigenvalue weighted by molar-refractivity contribution is 5.95. The zero-order valence-corrected chi connectivity index (χ0v) is 20.3. The summed E-state index contributed by atoms with van der Waals surface area (Å²) in [6.45, 7) is 2.67. The number of benzene rings is 4. The van der Waals surface area contributed by atoms with Crippen molar-refractivity contribution < 1.29 is 23.8 Å². The number of ether oxygens (including phenoxy) is 3. The Hall–Kier alpha value is -4.91. The highest BCUT2D eigenvalue weighted by Gasteiger charge is 2.13. The second kappa shape index (κ2) is 12.7. The van der Waals surface area contributed by atoms with Crippen LogP contribution in [-0.4, -0.2) is 24.7 Å². The highest BCUT2D eigenvalue weighted by Crippen LogP contribution is 2.29. The van der Waals surface area contributed by atoms with Gasteiger partial charge in [-0.05, 0) is 72.6 Å². The molecule has 0 aliphatic rings. The summed E-state index contributed by atoms with van der Waals surface area (Å²) in [5, 5.41) is 4.04. The lowest BCUT2D eigenvalue weighted by Crippen LogP contribution is -2.17. The molecule has 0 radical (unpaired) electrons. The molecule has 4 aromatic rings. The number of nitrogens with zero attached hydrogens (tertiary/aromatic N) is 1. The van der Waals surface area contributed by atoms with Gasteiger partial charge in [-0.2, -0.15) is 5.10 Å². The Morgan fingerprint density at radius 1 is 0.784 bits per heavy atom. The molecule has 0 bridgehead atoms. The van der Waals surface area contributed by atoms with Crippen LogP contribution >= 0.6 is 0 Å². The van der Waals surface area contributed by atoms with Gasteiger partial charge in [0.15, 0.2) is 11.5 Å². The maximum Gasteiger partial charge on any atom is 0.343 e. The Kier molecular flexibility index (Phi) is 8.64. The molecule has 4 aromatic carbocycles. The van der Waals surface area contributed by atoms with Crippen molar-refractivity contribution in [2.75, 3.05) is 6.61 Å². The van der Waals surface area contributed by atoms with Crippen LogP contribution in [-0.2, 0) is 6.61 Å². The first kappa shape index (κ1) is 25.2. The van der Waals surface area contributed by atoms with E-state index in [1.54, 1.807) is 66.7 Å². The Bertz CT molecular complexity index is 1350. The van der Waals surface area contributed by atoms with Crippen LogP contribution in [0.1, 0.15) is 38.8 Å². The van der Waals surface area contributed by atoms with Crippen LogP contribution in [0.15, 0.2) is 108 Å². The fraction of sp³-hybridized carbons (Fsp3) is 0.100. The summed E-state index contributed by atoms with van der Waals surface area (Å²) < 4.78 is 16.9. The number of hydrogen-bond acceptors (Lipinski definition) is 6. The highest BCUT2D eigenvalue weighted by atomic mass is 16.6. The Morgan fingerprint density at radius 2 is 1.49 bits per heavy atom. The van der Waals surface area contributed by atoms with Crippen molar-refractivity contribution in [1.29, 1.82) is 0 Å². The van der Waals surface area contributed by atoms with Gasteiger partial charge in [0.1, 0.15) is 12.4 Å². The molecule has 1 amide bonds. The Balaban J connectivity index is 1.34. The number of hydrazone groups is 1. The third-order valence-electron chi connectivity index (χ3n) is 5.22. The zero-order valence-electron chi connectivity index (χ0n) is 20.3. The van der Waals surface area contributed by atoms with Crippen molar-refractivity contribution in [3.05, 3.63) is 125 Å². The summed E-state index contributed by atoms with van der Waals surface area (Å²) in [7, 11) is 0. The normalized spacial score (nSPS) is 10.6. The minimum absolute atomic E-state index is 0.298. The number of esters is 1. The van der Waals surface area contributed by atoms with Crippen LogP contribution in [0.25, 0.3) is 0 Å². The van der Waals surface area contributed by atoms with Crippen LogP contribution in [0.3, 0.4) is 0 Å². The van der Waals surface area contributed by atoms with E-state index in [-0.39, 0.29) is 5.91 Å². The fourth-order valence-electron chi connectivity index (χ4n) is 3.36. The summed E-state index contributed by atoms with van der Waals surface area (Å²) in [4.78, 5) is 24.9. The van der Waals surface area contributed by atoms with Crippen molar-refractivity contribution in [2.45, 2.75) is 13.5 Å². The number of carbonyl (C=O) groups excluding carboxylic acids is 2. The van der Waals surface area contributed by atoms with Gasteiger partial charge in [-0.3, -0.25) is 4.79 Å². The molecule has 0 unspecified atom stereocenters. The smallest absolute Gasteiger partial charge is 0.343 e. The van der Waals surface area contributed by atoms with Gasteiger partial charge in [-0.25, -0.2) is 10.2 Å². The zero-order chi connectivity index (χ0) is 25.9. The molecule has 0 saturated heterocycles. The lowest BCUT2D eigenvalue weighted by atomic mass is 10.2. The number of rotatable bonds is 10. The largest absolute Gasteiger partial charge is 0.490 e. The molecule has 0 aliphatic carbocycles. The second-order valence-electron chi connectivity index (χ2n) is 7.89. The average Bonchev–Trinajstić information content (AvgIpc) is 2.94. The number of hydrogen-bond donors (Lipinski definition) is 1. The van der Waals surface area contributed by atoms with E-state index in [4.69, 9.17) is 14.2 Å². The lowest BCUT2D eigenvalue weighted by Gasteiger charge is -2.11. The summed E-state index contributed by atoms with van der Waals surface area (Å²) in [5.74, 6) is 0.524. The topological polar surface area (TPSA) is 86.2 Å². The summed E-state index contributed by atoms with van der Waals surface area (Å²) in [5.41, 5.74) is 5.12. The van der Waals surface area contributed by atoms with Gasteiger partial charge in [0.05, 0.1) is 18.4 Å². The van der Waals surface area contributed by atoms with Gasteiger partial charge >= 0.3 is 5.97 Å². The maximum atomic E-state index is 12.5. The van der Waals surface area contributed by atoms with Crippen molar-refractivity contribution >= 4 is 18.1 Å². The number of nitrogens with one attached hydrogen (secondary N) is 1. The summed E-state index contributed by atoms with van der Waals surface area (Å²) >= 11 is 0. The van der Waals surface area contributed by atoms with E-state index in [1.165, 1.54) is 6.21 Å². The number of carbonyl (C=O) groups is 2. The summed E-state index contributed by atoms with van der Waals surface area (Å²) in [6, 6.07) is 30.4. The standard InChI is InChI=1S/C30H26N2O5/c1-2-35-28-19-23(13-18-27(28)37-30(34)25-11-7-4-8-12-25)20-31-32-29(33)24-14-16-26(17-15-24)36-21-22-9-5-3-6-10-22/h3-20H,2,21H2,1H3,(H,32,33)/b31-20-. The molecule has 0 spiro atoms. The molecule has 0 saturated carbocycles. The quantitative estimate of drug-likeness (QED) is 0.133. The molecular formula is C30H26N2O5. The van der Waals surface area contributed by atoms with Gasteiger partial charge in [-0.15, -0.1) is 0 Å². The van der Waals surface area contributed by atoms with Crippen molar-refractivity contribution in [2.24, 2.45) is 5.10 Å². The van der Waals surface area contributed by atoms with Gasteiger partial charge in [0.2, 0.25) is 0 Å². The first-order valence-electron chi connectivity index (χ1n) is 11.8. The second-order valence-corrected chi connectivity index (χ2v) is 7.89. The molecule has 0 aromatic heterocycles. The van der Waals surface area contributed by atoms with E-state index in [1.807, 2.05) is 43.3 Å². The molecule has 37 heavy (non-hydrogen) atoms. The molecule has 1 N–H and O–H groups in total. The molecule has 7 nitrogen and oxygen atoms in total. The first-order chi connectivity index (χ1) is 18.1.